The highest BCUT2D eigenvalue weighted by atomic mass is 35.5. The molecule has 1 heterocycles. The summed E-state index contributed by atoms with van der Waals surface area (Å²) in [4.78, 5) is 12.2. The predicted molar refractivity (Wildman–Crippen MR) is 63.7 cm³/mol. The number of hydrogen-bond donors (Lipinski definition) is 0. The Morgan fingerprint density at radius 3 is 2.62 bits per heavy atom. The van der Waals surface area contributed by atoms with E-state index in [0.29, 0.717) is 28.9 Å². The van der Waals surface area contributed by atoms with Gasteiger partial charge >= 0.3 is 5.37 Å². The smallest absolute Gasteiger partial charge is 0.316 e. The van der Waals surface area contributed by atoms with Crippen molar-refractivity contribution in [3.05, 3.63) is 28.2 Å². The summed E-state index contributed by atoms with van der Waals surface area (Å²) in [6.07, 6.45) is -0.0543. The van der Waals surface area contributed by atoms with E-state index in [1.54, 1.807) is 18.2 Å². The lowest BCUT2D eigenvalue weighted by atomic mass is 10.2. The lowest BCUT2D eigenvalue weighted by molar-refractivity contribution is 0.0532. The largest absolute Gasteiger partial charge is 0.485 e. The van der Waals surface area contributed by atoms with E-state index in [9.17, 15) is 4.79 Å². The Hall–Kier alpha value is -0.640. The van der Waals surface area contributed by atoms with Crippen LogP contribution in [0, 0.1) is 0 Å². The first-order chi connectivity index (χ1) is 7.56. The summed E-state index contributed by atoms with van der Waals surface area (Å²) >= 11 is 17.0. The van der Waals surface area contributed by atoms with Gasteiger partial charge in [0.25, 0.3) is 0 Å². The third-order valence-corrected chi connectivity index (χ3v) is 3.05. The molecular formula is C10H8Cl3NO2. The lowest BCUT2D eigenvalue weighted by Crippen LogP contribution is -2.54. The Morgan fingerprint density at radius 1 is 1.38 bits per heavy atom. The number of benzene rings is 1. The van der Waals surface area contributed by atoms with Crippen molar-refractivity contribution in [2.75, 3.05) is 13.1 Å². The molecule has 1 amide bonds. The van der Waals surface area contributed by atoms with Crippen LogP contribution in [-0.4, -0.2) is 29.5 Å². The molecule has 1 saturated heterocycles. The zero-order valence-electron chi connectivity index (χ0n) is 8.12. The summed E-state index contributed by atoms with van der Waals surface area (Å²) in [5.41, 5.74) is 0. The van der Waals surface area contributed by atoms with Crippen LogP contribution < -0.4 is 4.74 Å². The van der Waals surface area contributed by atoms with Crippen LogP contribution in [0.15, 0.2) is 18.2 Å². The normalized spacial score (nSPS) is 15.8. The molecule has 0 aromatic heterocycles. The molecule has 1 fully saturated rings. The van der Waals surface area contributed by atoms with Crippen LogP contribution in [0.2, 0.25) is 10.0 Å². The molecular weight excluding hydrogens is 272 g/mol. The van der Waals surface area contributed by atoms with Crippen molar-refractivity contribution in [2.45, 2.75) is 6.10 Å². The van der Waals surface area contributed by atoms with E-state index in [0.717, 1.165) is 0 Å². The van der Waals surface area contributed by atoms with E-state index in [-0.39, 0.29) is 6.10 Å². The maximum atomic E-state index is 10.7. The summed E-state index contributed by atoms with van der Waals surface area (Å²) in [7, 11) is 0. The van der Waals surface area contributed by atoms with Crippen LogP contribution in [0.3, 0.4) is 0 Å². The van der Waals surface area contributed by atoms with Crippen LogP contribution in [0.5, 0.6) is 5.75 Å². The minimum Gasteiger partial charge on any atom is -0.485 e. The molecule has 0 unspecified atom stereocenters. The number of hydrogen-bond acceptors (Lipinski definition) is 2. The number of rotatable bonds is 2. The van der Waals surface area contributed by atoms with E-state index in [2.05, 4.69) is 0 Å². The van der Waals surface area contributed by atoms with Gasteiger partial charge in [-0.1, -0.05) is 23.2 Å². The second kappa shape index (κ2) is 4.70. The molecule has 0 N–H and O–H groups in total. The first kappa shape index (κ1) is 11.8. The highest BCUT2D eigenvalue weighted by Crippen LogP contribution is 2.29. The van der Waals surface area contributed by atoms with Gasteiger partial charge < -0.3 is 9.64 Å². The Labute approximate surface area is 108 Å². The van der Waals surface area contributed by atoms with E-state index in [4.69, 9.17) is 39.5 Å². The fourth-order valence-electron chi connectivity index (χ4n) is 1.41. The lowest BCUT2D eigenvalue weighted by Gasteiger charge is -2.37. The molecule has 0 spiro atoms. The number of amides is 1. The van der Waals surface area contributed by atoms with Crippen LogP contribution in [0.25, 0.3) is 0 Å². The maximum absolute atomic E-state index is 10.7. The molecule has 0 aliphatic carbocycles. The second-order valence-electron chi connectivity index (χ2n) is 3.47. The van der Waals surface area contributed by atoms with Crippen molar-refractivity contribution >= 4 is 40.2 Å². The van der Waals surface area contributed by atoms with Crippen LogP contribution in [0.4, 0.5) is 4.79 Å². The Kier molecular flexibility index (Phi) is 3.47. The minimum atomic E-state index is -0.456. The van der Waals surface area contributed by atoms with Crippen molar-refractivity contribution in [3.8, 4) is 5.75 Å². The fraction of sp³-hybridized carbons (Fsp3) is 0.300. The summed E-state index contributed by atoms with van der Waals surface area (Å²) < 4.78 is 5.57. The standard InChI is InChI=1S/C10H8Cl3NO2/c11-6-1-2-9(8(12)3-6)16-7-4-14(5-7)10(13)15/h1-3,7H,4-5H2. The molecule has 0 bridgehead atoms. The molecule has 3 nitrogen and oxygen atoms in total. The summed E-state index contributed by atoms with van der Waals surface area (Å²) in [5.74, 6) is 0.567. The first-order valence-electron chi connectivity index (χ1n) is 4.62. The van der Waals surface area contributed by atoms with E-state index >= 15 is 0 Å². The number of carbonyl (C=O) groups excluding carboxylic acids is 1. The number of halogens is 3. The number of carbonyl (C=O) groups is 1. The second-order valence-corrected chi connectivity index (χ2v) is 4.64. The Balaban J connectivity index is 1.94. The van der Waals surface area contributed by atoms with Crippen LogP contribution >= 0.6 is 34.8 Å². The zero-order chi connectivity index (χ0) is 11.7. The SMILES string of the molecule is O=C(Cl)N1CC(Oc2ccc(Cl)cc2Cl)C1. The molecule has 0 saturated carbocycles. The molecule has 1 aliphatic rings. The van der Waals surface area contributed by atoms with Crippen LogP contribution in [-0.2, 0) is 0 Å². The summed E-state index contributed by atoms with van der Waals surface area (Å²) in [6.45, 7) is 0.975. The third-order valence-electron chi connectivity index (χ3n) is 2.28. The van der Waals surface area contributed by atoms with Gasteiger partial charge in [0.1, 0.15) is 11.9 Å². The molecule has 2 rings (SSSR count). The van der Waals surface area contributed by atoms with Gasteiger partial charge in [-0.05, 0) is 29.8 Å². The van der Waals surface area contributed by atoms with Crippen LogP contribution in [0.1, 0.15) is 0 Å². The quantitative estimate of drug-likeness (QED) is 0.614. The van der Waals surface area contributed by atoms with Crippen molar-refractivity contribution in [1.82, 2.24) is 4.90 Å². The average Bonchev–Trinajstić information content (AvgIpc) is 2.12. The third kappa shape index (κ3) is 2.54. The minimum absolute atomic E-state index is 0.0543. The van der Waals surface area contributed by atoms with Gasteiger partial charge in [-0.3, -0.25) is 4.79 Å². The molecule has 1 aliphatic heterocycles. The Bertz CT molecular complexity index is 419. The molecule has 86 valence electrons. The van der Waals surface area contributed by atoms with Gasteiger partial charge in [0.05, 0.1) is 18.1 Å². The predicted octanol–water partition coefficient (Wildman–Crippen LogP) is 3.42. The van der Waals surface area contributed by atoms with Gasteiger partial charge in [0.2, 0.25) is 0 Å². The molecule has 16 heavy (non-hydrogen) atoms. The summed E-state index contributed by atoms with van der Waals surface area (Å²) in [5, 5.41) is 0.564. The Morgan fingerprint density at radius 2 is 2.06 bits per heavy atom. The van der Waals surface area contributed by atoms with Gasteiger partial charge in [-0.25, -0.2) is 0 Å². The van der Waals surface area contributed by atoms with Crippen molar-refractivity contribution < 1.29 is 9.53 Å². The number of nitrogens with zero attached hydrogens (tertiary/aromatic N) is 1. The molecule has 1 aromatic carbocycles. The first-order valence-corrected chi connectivity index (χ1v) is 5.76. The van der Waals surface area contributed by atoms with Crippen molar-refractivity contribution in [1.29, 1.82) is 0 Å². The topological polar surface area (TPSA) is 29.5 Å². The van der Waals surface area contributed by atoms with Crippen molar-refractivity contribution in [3.63, 3.8) is 0 Å². The average molecular weight is 281 g/mol. The van der Waals surface area contributed by atoms with Crippen molar-refractivity contribution in [2.24, 2.45) is 0 Å². The summed E-state index contributed by atoms with van der Waals surface area (Å²) in [6, 6.07) is 5.02. The molecule has 0 atom stereocenters. The molecule has 0 radical (unpaired) electrons. The maximum Gasteiger partial charge on any atom is 0.316 e. The molecule has 1 aromatic rings. The molecule has 6 heteroatoms. The number of ether oxygens (including phenoxy) is 1. The van der Waals surface area contributed by atoms with Gasteiger partial charge in [-0.2, -0.15) is 0 Å². The highest BCUT2D eigenvalue weighted by Gasteiger charge is 2.31. The highest BCUT2D eigenvalue weighted by molar-refractivity contribution is 6.62. The van der Waals surface area contributed by atoms with Gasteiger partial charge in [0.15, 0.2) is 0 Å². The number of likely N-dealkylation sites (tertiary alicyclic amines) is 1. The zero-order valence-corrected chi connectivity index (χ0v) is 10.4. The monoisotopic (exact) mass is 279 g/mol. The fourth-order valence-corrected chi connectivity index (χ4v) is 2.00. The van der Waals surface area contributed by atoms with E-state index in [1.807, 2.05) is 0 Å². The van der Waals surface area contributed by atoms with Gasteiger partial charge in [-0.15, -0.1) is 0 Å². The van der Waals surface area contributed by atoms with E-state index < -0.39 is 5.37 Å². The van der Waals surface area contributed by atoms with Gasteiger partial charge in [0, 0.05) is 5.02 Å². The van der Waals surface area contributed by atoms with E-state index in [1.165, 1.54) is 4.90 Å².